The highest BCUT2D eigenvalue weighted by atomic mass is 32.3. The zero-order valence-corrected chi connectivity index (χ0v) is 11.2. The molecule has 0 atom stereocenters. The highest BCUT2D eigenvalue weighted by Crippen LogP contribution is 1.97. The maximum Gasteiger partial charge on any atom is 0.389 e. The molecule has 0 heterocycles. The average Bonchev–Trinajstić information content (AvgIpc) is 2.18. The molecular formula is C8H20N2O6S. The summed E-state index contributed by atoms with van der Waals surface area (Å²) in [6.45, 7) is 5.98. The first-order valence-electron chi connectivity index (χ1n) is 4.47. The second kappa shape index (κ2) is 10.2. The van der Waals surface area contributed by atoms with Gasteiger partial charge in [0, 0.05) is 6.08 Å². The number of hydrogen-bond donors (Lipinski definition) is 2. The third-order valence-electron chi connectivity index (χ3n) is 1.27. The van der Waals surface area contributed by atoms with E-state index in [-0.39, 0.29) is 10.6 Å². The molecule has 0 aromatic rings. The van der Waals surface area contributed by atoms with Crippen molar-refractivity contribution in [3.8, 4) is 0 Å². The molecule has 104 valence electrons. The van der Waals surface area contributed by atoms with Crippen LogP contribution < -0.4 is 5.73 Å². The number of hydrogen-bond acceptors (Lipinski definition) is 6. The minimum atomic E-state index is -4.92. The van der Waals surface area contributed by atoms with E-state index in [1.54, 1.807) is 14.1 Å². The molecule has 0 unspecified atom stereocenters. The van der Waals surface area contributed by atoms with E-state index in [0.29, 0.717) is 0 Å². The Kier molecular flexibility index (Phi) is 12.7. The minimum Gasteiger partial charge on any atom is -0.726 e. The van der Waals surface area contributed by atoms with Crippen LogP contribution in [0.5, 0.6) is 0 Å². The summed E-state index contributed by atoms with van der Waals surface area (Å²) in [5, 5.41) is 0. The fourth-order valence-corrected chi connectivity index (χ4v) is 0.345. The van der Waals surface area contributed by atoms with Crippen LogP contribution in [0.15, 0.2) is 12.7 Å². The van der Waals surface area contributed by atoms with Crippen molar-refractivity contribution >= 4 is 16.4 Å². The number of hydroxylamine groups is 3. The summed E-state index contributed by atoms with van der Waals surface area (Å²) in [7, 11) is 0.197. The molecule has 0 aromatic heterocycles. The van der Waals surface area contributed by atoms with Gasteiger partial charge in [0.05, 0.1) is 0 Å². The van der Waals surface area contributed by atoms with E-state index in [4.69, 9.17) is 22.4 Å². The SMILES string of the molecule is C=CC(=O)O[N+](C)(C)CC.CN.O=S(=O)([O-])O. The van der Waals surface area contributed by atoms with Crippen molar-refractivity contribution in [1.82, 2.24) is 0 Å². The molecule has 0 bridgehead atoms. The topological polar surface area (TPSA) is 130 Å². The molecule has 0 aromatic carbocycles. The van der Waals surface area contributed by atoms with E-state index >= 15 is 0 Å². The molecule has 0 rings (SSSR count). The number of rotatable bonds is 3. The van der Waals surface area contributed by atoms with E-state index in [0.717, 1.165) is 12.6 Å². The van der Waals surface area contributed by atoms with Crippen molar-refractivity contribution in [2.24, 2.45) is 5.73 Å². The maximum absolute atomic E-state index is 10.6. The smallest absolute Gasteiger partial charge is 0.389 e. The van der Waals surface area contributed by atoms with Crippen molar-refractivity contribution < 1.29 is 31.8 Å². The molecule has 0 saturated heterocycles. The molecule has 17 heavy (non-hydrogen) atoms. The van der Waals surface area contributed by atoms with Crippen LogP contribution in [0.2, 0.25) is 0 Å². The summed E-state index contributed by atoms with van der Waals surface area (Å²) in [4.78, 5) is 15.5. The Morgan fingerprint density at radius 1 is 1.53 bits per heavy atom. The van der Waals surface area contributed by atoms with Gasteiger partial charge in [-0.2, -0.15) is 0 Å². The first-order valence-corrected chi connectivity index (χ1v) is 5.83. The van der Waals surface area contributed by atoms with Gasteiger partial charge in [0.15, 0.2) is 0 Å². The third kappa shape index (κ3) is 31.3. The van der Waals surface area contributed by atoms with Crippen LogP contribution in [0, 0.1) is 0 Å². The zero-order chi connectivity index (χ0) is 14.7. The Morgan fingerprint density at radius 2 is 1.82 bits per heavy atom. The first-order chi connectivity index (χ1) is 7.52. The monoisotopic (exact) mass is 272 g/mol. The van der Waals surface area contributed by atoms with Crippen LogP contribution in [0.25, 0.3) is 0 Å². The molecule has 9 heteroatoms. The number of carbonyl (C=O) groups is 1. The summed E-state index contributed by atoms with van der Waals surface area (Å²) < 4.78 is 33.1. The molecule has 0 radical (unpaired) electrons. The Bertz CT molecular complexity index is 304. The predicted octanol–water partition coefficient (Wildman–Crippen LogP) is -0.694. The lowest BCUT2D eigenvalue weighted by molar-refractivity contribution is -1.06. The fraction of sp³-hybridized carbons (Fsp3) is 0.625. The van der Waals surface area contributed by atoms with Crippen LogP contribution in [0.4, 0.5) is 0 Å². The van der Waals surface area contributed by atoms with Gasteiger partial charge >= 0.3 is 5.97 Å². The molecule has 0 fully saturated rings. The van der Waals surface area contributed by atoms with Crippen LogP contribution in [-0.2, 0) is 20.0 Å². The second-order valence-corrected chi connectivity index (χ2v) is 3.79. The van der Waals surface area contributed by atoms with Crippen molar-refractivity contribution in [1.29, 1.82) is 0 Å². The molecule has 0 aliphatic heterocycles. The summed E-state index contributed by atoms with van der Waals surface area (Å²) in [6, 6.07) is 0. The van der Waals surface area contributed by atoms with Gasteiger partial charge < -0.3 is 10.3 Å². The Hall–Kier alpha value is -1.00. The molecular weight excluding hydrogens is 252 g/mol. The first kappa shape index (κ1) is 21.3. The lowest BCUT2D eigenvalue weighted by atomic mass is 10.6. The van der Waals surface area contributed by atoms with Crippen molar-refractivity contribution in [3.05, 3.63) is 12.7 Å². The summed E-state index contributed by atoms with van der Waals surface area (Å²) in [5.74, 6) is -0.383. The Labute approximate surface area is 102 Å². The Balaban J connectivity index is -0.000000236. The number of quaternary nitrogens is 1. The summed E-state index contributed by atoms with van der Waals surface area (Å²) >= 11 is 0. The third-order valence-corrected chi connectivity index (χ3v) is 1.27. The van der Waals surface area contributed by atoms with Crippen LogP contribution >= 0.6 is 0 Å². The fourth-order valence-electron chi connectivity index (χ4n) is 0.345. The average molecular weight is 272 g/mol. The van der Waals surface area contributed by atoms with E-state index in [1.165, 1.54) is 7.05 Å². The molecule has 0 amide bonds. The number of nitrogens with zero attached hydrogens (tertiary/aromatic N) is 1. The van der Waals surface area contributed by atoms with E-state index < -0.39 is 10.4 Å². The summed E-state index contributed by atoms with van der Waals surface area (Å²) in [6.07, 6.45) is 1.16. The van der Waals surface area contributed by atoms with Gasteiger partial charge in [0.1, 0.15) is 20.6 Å². The van der Waals surface area contributed by atoms with Crippen molar-refractivity contribution in [3.63, 3.8) is 0 Å². The Morgan fingerprint density at radius 3 is 2.00 bits per heavy atom. The van der Waals surface area contributed by atoms with Gasteiger partial charge in [-0.05, 0) is 14.0 Å². The highest BCUT2D eigenvalue weighted by Gasteiger charge is 2.16. The van der Waals surface area contributed by atoms with Gasteiger partial charge in [0.2, 0.25) is 10.4 Å². The lowest BCUT2D eigenvalue weighted by Gasteiger charge is -2.23. The van der Waals surface area contributed by atoms with E-state index in [9.17, 15) is 4.79 Å². The molecule has 0 saturated carbocycles. The molecule has 0 aliphatic rings. The lowest BCUT2D eigenvalue weighted by Crippen LogP contribution is -2.40. The highest BCUT2D eigenvalue weighted by molar-refractivity contribution is 7.79. The number of carbonyl (C=O) groups excluding carboxylic acids is 1. The minimum absolute atomic E-state index is 0.241. The summed E-state index contributed by atoms with van der Waals surface area (Å²) in [5.41, 5.74) is 4.50. The normalized spacial score (nSPS) is 10.1. The van der Waals surface area contributed by atoms with Crippen LogP contribution in [0.1, 0.15) is 6.92 Å². The largest absolute Gasteiger partial charge is 0.726 e. The molecule has 8 nitrogen and oxygen atoms in total. The van der Waals surface area contributed by atoms with Crippen molar-refractivity contribution in [2.75, 3.05) is 27.7 Å². The molecule has 0 spiro atoms. The molecule has 0 aliphatic carbocycles. The van der Waals surface area contributed by atoms with E-state index in [1.807, 2.05) is 6.92 Å². The predicted molar refractivity (Wildman–Crippen MR) is 61.4 cm³/mol. The standard InChI is InChI=1S/C7H14NO2.CH5N.H2O4S/c1-5-7(9)10-8(3,4)6-2;1-2;1-5(2,3)4/h5H,1,6H2,2-4H3;2H2,1H3;(H2,1,2,3,4)/q+1;;/p-1. The van der Waals surface area contributed by atoms with Gasteiger partial charge in [-0.15, -0.1) is 4.65 Å². The van der Waals surface area contributed by atoms with E-state index in [2.05, 4.69) is 12.3 Å². The maximum atomic E-state index is 10.6. The number of nitrogens with two attached hydrogens (primary N) is 1. The van der Waals surface area contributed by atoms with Gasteiger partial charge in [-0.1, -0.05) is 6.58 Å². The quantitative estimate of drug-likeness (QED) is 0.228. The van der Waals surface area contributed by atoms with Crippen molar-refractivity contribution in [2.45, 2.75) is 6.92 Å². The van der Waals surface area contributed by atoms with Crippen LogP contribution in [0.3, 0.4) is 0 Å². The molecule has 3 N–H and O–H groups in total. The van der Waals surface area contributed by atoms with Gasteiger partial charge in [0.25, 0.3) is 0 Å². The second-order valence-electron chi connectivity index (χ2n) is 2.93. The van der Waals surface area contributed by atoms with Crippen LogP contribution in [-0.4, -0.2) is 55.8 Å². The van der Waals surface area contributed by atoms with Gasteiger partial charge in [-0.3, -0.25) is 9.39 Å². The van der Waals surface area contributed by atoms with Gasteiger partial charge in [-0.25, -0.2) is 13.2 Å². The zero-order valence-electron chi connectivity index (χ0n) is 10.4.